The summed E-state index contributed by atoms with van der Waals surface area (Å²) >= 11 is 0. The first kappa shape index (κ1) is 15.6. The largest absolute Gasteiger partial charge is 0.284 e. The zero-order valence-electron chi connectivity index (χ0n) is 14.7. The molecular formula is C21H20N4. The standard InChI is InChI=1S/C21H20N4/c1-13-8-9-17(15(3)14(13)2)11-22-12-20-23-19-10-16-6-4-5-7-18(16)21(19)25-24-20/h4-9,11H,10,12H2,1-3H3. The van der Waals surface area contributed by atoms with Crippen LogP contribution < -0.4 is 0 Å². The van der Waals surface area contributed by atoms with Crippen LogP contribution in [0.1, 0.15) is 39.3 Å². The molecule has 1 heterocycles. The fraction of sp³-hybridized carbons (Fsp3) is 0.238. The van der Waals surface area contributed by atoms with Gasteiger partial charge in [-0.1, -0.05) is 36.4 Å². The van der Waals surface area contributed by atoms with Crippen LogP contribution in [-0.4, -0.2) is 21.4 Å². The van der Waals surface area contributed by atoms with Crippen LogP contribution >= 0.6 is 0 Å². The van der Waals surface area contributed by atoms with E-state index in [-0.39, 0.29) is 0 Å². The Morgan fingerprint density at radius 2 is 1.84 bits per heavy atom. The maximum Gasteiger partial charge on any atom is 0.172 e. The zero-order valence-corrected chi connectivity index (χ0v) is 14.7. The lowest BCUT2D eigenvalue weighted by molar-refractivity contribution is 0.819. The second-order valence-corrected chi connectivity index (χ2v) is 6.55. The molecule has 4 rings (SSSR count). The molecule has 0 fully saturated rings. The third-order valence-corrected chi connectivity index (χ3v) is 5.00. The first-order valence-corrected chi connectivity index (χ1v) is 8.51. The van der Waals surface area contributed by atoms with Gasteiger partial charge < -0.3 is 0 Å². The molecule has 0 bridgehead atoms. The van der Waals surface area contributed by atoms with Crippen LogP contribution in [0.15, 0.2) is 41.4 Å². The van der Waals surface area contributed by atoms with Crippen LogP contribution in [0.5, 0.6) is 0 Å². The van der Waals surface area contributed by atoms with Crippen LogP contribution in [0, 0.1) is 20.8 Å². The first-order valence-electron chi connectivity index (χ1n) is 8.51. The average Bonchev–Trinajstić information content (AvgIpc) is 2.99. The van der Waals surface area contributed by atoms with Crippen LogP contribution in [0.3, 0.4) is 0 Å². The number of rotatable bonds is 3. The van der Waals surface area contributed by atoms with E-state index in [0.717, 1.165) is 28.9 Å². The first-order chi connectivity index (χ1) is 12.1. The molecule has 124 valence electrons. The number of hydrogen-bond donors (Lipinski definition) is 0. The third-order valence-electron chi connectivity index (χ3n) is 5.00. The quantitative estimate of drug-likeness (QED) is 0.534. The Morgan fingerprint density at radius 1 is 1.00 bits per heavy atom. The Morgan fingerprint density at radius 3 is 2.72 bits per heavy atom. The molecule has 1 aromatic heterocycles. The summed E-state index contributed by atoms with van der Waals surface area (Å²) in [5, 5.41) is 8.64. The minimum Gasteiger partial charge on any atom is -0.284 e. The Hall–Kier alpha value is -2.88. The highest BCUT2D eigenvalue weighted by Crippen LogP contribution is 2.32. The van der Waals surface area contributed by atoms with Gasteiger partial charge in [0.05, 0.1) is 5.69 Å². The van der Waals surface area contributed by atoms with Crippen molar-refractivity contribution in [2.75, 3.05) is 0 Å². The van der Waals surface area contributed by atoms with Gasteiger partial charge in [0, 0.05) is 18.2 Å². The Balaban J connectivity index is 1.54. The van der Waals surface area contributed by atoms with E-state index in [1.54, 1.807) is 0 Å². The van der Waals surface area contributed by atoms with Crippen LogP contribution in [0.4, 0.5) is 0 Å². The van der Waals surface area contributed by atoms with Crippen LogP contribution in [0.2, 0.25) is 0 Å². The Bertz CT molecular complexity index is 989. The summed E-state index contributed by atoms with van der Waals surface area (Å²) in [6.45, 7) is 6.86. The Labute approximate surface area is 147 Å². The molecule has 0 aliphatic heterocycles. The Kier molecular flexibility index (Phi) is 3.88. The highest BCUT2D eigenvalue weighted by molar-refractivity contribution is 5.82. The minimum absolute atomic E-state index is 0.447. The van der Waals surface area contributed by atoms with Crippen molar-refractivity contribution in [2.45, 2.75) is 33.7 Å². The van der Waals surface area contributed by atoms with Gasteiger partial charge in [0.1, 0.15) is 12.2 Å². The minimum atomic E-state index is 0.447. The van der Waals surface area contributed by atoms with Crippen LogP contribution in [-0.2, 0) is 13.0 Å². The lowest BCUT2D eigenvalue weighted by Gasteiger charge is -2.07. The van der Waals surface area contributed by atoms with E-state index >= 15 is 0 Å². The molecule has 0 N–H and O–H groups in total. The lowest BCUT2D eigenvalue weighted by atomic mass is 10.00. The molecular weight excluding hydrogens is 308 g/mol. The van der Waals surface area contributed by atoms with Crippen molar-refractivity contribution < 1.29 is 0 Å². The van der Waals surface area contributed by atoms with Gasteiger partial charge in [-0.05, 0) is 48.6 Å². The van der Waals surface area contributed by atoms with Gasteiger partial charge >= 0.3 is 0 Å². The molecule has 0 spiro atoms. The lowest BCUT2D eigenvalue weighted by Crippen LogP contribution is -2.01. The number of aromatic nitrogens is 3. The molecule has 0 radical (unpaired) electrons. The monoisotopic (exact) mass is 328 g/mol. The SMILES string of the molecule is Cc1ccc(C=NCc2nnc3c(n2)Cc2ccccc2-3)c(C)c1C. The fourth-order valence-electron chi connectivity index (χ4n) is 3.22. The van der Waals surface area contributed by atoms with Crippen molar-refractivity contribution in [1.82, 2.24) is 15.2 Å². The zero-order chi connectivity index (χ0) is 17.4. The van der Waals surface area contributed by atoms with E-state index in [1.807, 2.05) is 12.3 Å². The number of nitrogens with zero attached hydrogens (tertiary/aromatic N) is 4. The van der Waals surface area contributed by atoms with Crippen molar-refractivity contribution >= 4 is 6.21 Å². The summed E-state index contributed by atoms with van der Waals surface area (Å²) in [5.41, 5.74) is 9.37. The summed E-state index contributed by atoms with van der Waals surface area (Å²) < 4.78 is 0. The molecule has 25 heavy (non-hydrogen) atoms. The summed E-state index contributed by atoms with van der Waals surface area (Å²) in [5.74, 6) is 0.671. The molecule has 0 saturated carbocycles. The van der Waals surface area contributed by atoms with Crippen molar-refractivity contribution in [3.63, 3.8) is 0 Å². The molecule has 4 nitrogen and oxygen atoms in total. The van der Waals surface area contributed by atoms with E-state index < -0.39 is 0 Å². The molecule has 0 saturated heterocycles. The van der Waals surface area contributed by atoms with Crippen LogP contribution in [0.25, 0.3) is 11.3 Å². The van der Waals surface area contributed by atoms with Gasteiger partial charge in [0.15, 0.2) is 5.82 Å². The van der Waals surface area contributed by atoms with Gasteiger partial charge in [-0.3, -0.25) is 4.99 Å². The average molecular weight is 328 g/mol. The summed E-state index contributed by atoms with van der Waals surface area (Å²) in [4.78, 5) is 9.19. The van der Waals surface area contributed by atoms with Gasteiger partial charge in [0.25, 0.3) is 0 Å². The molecule has 1 aliphatic rings. The maximum atomic E-state index is 4.67. The fourth-order valence-corrected chi connectivity index (χ4v) is 3.22. The van der Waals surface area contributed by atoms with Crippen molar-refractivity contribution in [3.05, 3.63) is 75.7 Å². The topological polar surface area (TPSA) is 51.0 Å². The van der Waals surface area contributed by atoms with Crippen molar-refractivity contribution in [1.29, 1.82) is 0 Å². The highest BCUT2D eigenvalue weighted by atomic mass is 15.2. The molecule has 0 amide bonds. The number of hydrogen-bond acceptors (Lipinski definition) is 4. The second-order valence-electron chi connectivity index (χ2n) is 6.55. The van der Waals surface area contributed by atoms with E-state index in [4.69, 9.17) is 0 Å². The van der Waals surface area contributed by atoms with Gasteiger partial charge in [0.2, 0.25) is 0 Å². The number of aliphatic imine (C=N–C) groups is 1. The predicted octanol–water partition coefficient (Wildman–Crippen LogP) is 3.99. The molecule has 4 heteroatoms. The molecule has 3 aromatic rings. The summed E-state index contributed by atoms with van der Waals surface area (Å²) in [6.07, 6.45) is 2.74. The molecule has 0 atom stereocenters. The van der Waals surface area contributed by atoms with E-state index in [2.05, 4.69) is 71.3 Å². The molecule has 1 aliphatic carbocycles. The van der Waals surface area contributed by atoms with E-state index in [9.17, 15) is 0 Å². The van der Waals surface area contributed by atoms with E-state index in [1.165, 1.54) is 22.3 Å². The summed E-state index contributed by atoms with van der Waals surface area (Å²) in [6, 6.07) is 12.5. The number of aryl methyl sites for hydroxylation is 1. The van der Waals surface area contributed by atoms with Gasteiger partial charge in [-0.25, -0.2) is 4.98 Å². The predicted molar refractivity (Wildman–Crippen MR) is 100 cm³/mol. The second kappa shape index (κ2) is 6.20. The van der Waals surface area contributed by atoms with E-state index in [0.29, 0.717) is 12.4 Å². The smallest absolute Gasteiger partial charge is 0.172 e. The highest BCUT2D eigenvalue weighted by Gasteiger charge is 2.21. The molecule has 2 aromatic carbocycles. The normalized spacial score (nSPS) is 12.4. The molecule has 0 unspecified atom stereocenters. The summed E-state index contributed by atoms with van der Waals surface area (Å²) in [7, 11) is 0. The van der Waals surface area contributed by atoms with Crippen molar-refractivity contribution in [2.24, 2.45) is 4.99 Å². The number of fused-ring (bicyclic) bond motifs is 3. The van der Waals surface area contributed by atoms with Crippen molar-refractivity contribution in [3.8, 4) is 11.3 Å². The third kappa shape index (κ3) is 2.84. The number of benzene rings is 2. The maximum absolute atomic E-state index is 4.67. The van der Waals surface area contributed by atoms with Gasteiger partial charge in [-0.15, -0.1) is 10.2 Å². The van der Waals surface area contributed by atoms with Gasteiger partial charge in [-0.2, -0.15) is 0 Å².